The number of sulfonamides is 1. The number of piperidine rings is 1. The highest BCUT2D eigenvalue weighted by Crippen LogP contribution is 2.44. The molecule has 6 nitrogen and oxygen atoms in total. The molecular weight excluding hydrogens is 364 g/mol. The zero-order valence-electron chi connectivity index (χ0n) is 15.8. The van der Waals surface area contributed by atoms with Crippen molar-refractivity contribution in [3.05, 3.63) is 24.3 Å². The maximum absolute atomic E-state index is 12.8. The first-order valence-electron chi connectivity index (χ1n) is 9.92. The number of rotatable bonds is 5. The van der Waals surface area contributed by atoms with E-state index in [-0.39, 0.29) is 16.7 Å². The molecule has 4 rings (SSSR count). The summed E-state index contributed by atoms with van der Waals surface area (Å²) in [5.74, 6) is 2.14. The highest BCUT2D eigenvalue weighted by Gasteiger charge is 2.41. The normalized spacial score (nSPS) is 29.0. The highest BCUT2D eigenvalue weighted by atomic mass is 32.2. The van der Waals surface area contributed by atoms with Crippen LogP contribution in [0.3, 0.4) is 0 Å². The Kier molecular flexibility index (Phi) is 5.16. The van der Waals surface area contributed by atoms with Gasteiger partial charge in [-0.2, -0.15) is 4.31 Å². The molecular formula is C20H28N2O4S. The lowest BCUT2D eigenvalue weighted by Crippen LogP contribution is -2.46. The van der Waals surface area contributed by atoms with Gasteiger partial charge in [0.1, 0.15) is 5.75 Å². The minimum Gasteiger partial charge on any atom is -0.497 e. The topological polar surface area (TPSA) is 75.7 Å². The molecule has 1 N–H and O–H groups in total. The molecule has 1 aromatic rings. The molecule has 3 aliphatic rings. The fourth-order valence-electron chi connectivity index (χ4n) is 4.98. The van der Waals surface area contributed by atoms with Crippen LogP contribution in [0.2, 0.25) is 0 Å². The Bertz CT molecular complexity index is 785. The molecule has 0 radical (unpaired) electrons. The summed E-state index contributed by atoms with van der Waals surface area (Å²) in [6.45, 7) is 0.784. The molecule has 0 spiro atoms. The van der Waals surface area contributed by atoms with Crippen molar-refractivity contribution in [1.82, 2.24) is 9.62 Å². The molecule has 1 aromatic carbocycles. The van der Waals surface area contributed by atoms with Crippen molar-refractivity contribution < 1.29 is 17.9 Å². The van der Waals surface area contributed by atoms with Crippen molar-refractivity contribution in [3.63, 3.8) is 0 Å². The van der Waals surface area contributed by atoms with Gasteiger partial charge in [-0.25, -0.2) is 8.42 Å². The van der Waals surface area contributed by atoms with Gasteiger partial charge in [0.25, 0.3) is 0 Å². The van der Waals surface area contributed by atoms with Gasteiger partial charge in [0.15, 0.2) is 0 Å². The van der Waals surface area contributed by atoms with Crippen LogP contribution in [0, 0.1) is 17.8 Å². The Morgan fingerprint density at radius 1 is 1.07 bits per heavy atom. The van der Waals surface area contributed by atoms with Gasteiger partial charge in [0.05, 0.1) is 12.0 Å². The number of methoxy groups -OCH3 is 1. The van der Waals surface area contributed by atoms with E-state index >= 15 is 0 Å². The molecule has 2 aliphatic carbocycles. The van der Waals surface area contributed by atoms with E-state index in [1.807, 2.05) is 0 Å². The second-order valence-electron chi connectivity index (χ2n) is 8.14. The number of ether oxygens (including phenoxy) is 1. The molecule has 0 aromatic heterocycles. The fraction of sp³-hybridized carbons (Fsp3) is 0.650. The van der Waals surface area contributed by atoms with Crippen molar-refractivity contribution in [1.29, 1.82) is 0 Å². The van der Waals surface area contributed by atoms with Crippen LogP contribution in [0.1, 0.15) is 38.5 Å². The Morgan fingerprint density at radius 3 is 2.33 bits per heavy atom. The molecule has 1 aliphatic heterocycles. The minimum absolute atomic E-state index is 0.0774. The van der Waals surface area contributed by atoms with E-state index < -0.39 is 10.0 Å². The van der Waals surface area contributed by atoms with Crippen molar-refractivity contribution in [2.75, 3.05) is 20.2 Å². The number of hydrogen-bond acceptors (Lipinski definition) is 4. The molecule has 2 bridgehead atoms. The Balaban J connectivity index is 1.33. The van der Waals surface area contributed by atoms with Gasteiger partial charge >= 0.3 is 0 Å². The lowest BCUT2D eigenvalue weighted by molar-refractivity contribution is -0.127. The third-order valence-corrected chi connectivity index (χ3v) is 8.50. The van der Waals surface area contributed by atoms with Crippen molar-refractivity contribution >= 4 is 15.9 Å². The molecule has 1 amide bonds. The van der Waals surface area contributed by atoms with Crippen LogP contribution >= 0.6 is 0 Å². The van der Waals surface area contributed by atoms with Crippen LogP contribution in [0.4, 0.5) is 0 Å². The summed E-state index contributed by atoms with van der Waals surface area (Å²) in [4.78, 5) is 12.9. The number of amides is 1. The van der Waals surface area contributed by atoms with Crippen LogP contribution in [-0.4, -0.2) is 44.9 Å². The van der Waals surface area contributed by atoms with Gasteiger partial charge in [-0.15, -0.1) is 0 Å². The van der Waals surface area contributed by atoms with Gasteiger partial charge in [-0.05, 0) is 68.2 Å². The number of carbonyl (C=O) groups is 1. The number of nitrogens with zero attached hydrogens (tertiary/aromatic N) is 1. The van der Waals surface area contributed by atoms with E-state index in [9.17, 15) is 13.2 Å². The highest BCUT2D eigenvalue weighted by molar-refractivity contribution is 7.89. The summed E-state index contributed by atoms with van der Waals surface area (Å²) in [5, 5.41) is 3.26. The standard InChI is InChI=1S/C20H28N2O4S/c1-26-17-4-6-18(7-5-17)27(24,25)22-10-8-15(9-11-22)20(23)21-19-13-14-2-3-16(19)12-14/h4-7,14-16,19H,2-3,8-13H2,1H3,(H,21,23)/t14-,16-,19+/m1/s1. The zero-order valence-corrected chi connectivity index (χ0v) is 16.6. The average Bonchev–Trinajstić information content (AvgIpc) is 3.31. The van der Waals surface area contributed by atoms with E-state index in [1.54, 1.807) is 31.4 Å². The van der Waals surface area contributed by atoms with Gasteiger partial charge in [0, 0.05) is 25.0 Å². The third-order valence-electron chi connectivity index (χ3n) is 6.59. The number of nitrogens with one attached hydrogen (secondary N) is 1. The van der Waals surface area contributed by atoms with E-state index in [2.05, 4.69) is 5.32 Å². The van der Waals surface area contributed by atoms with Gasteiger partial charge in [-0.3, -0.25) is 4.79 Å². The Labute approximate surface area is 161 Å². The van der Waals surface area contributed by atoms with E-state index in [1.165, 1.54) is 23.6 Å². The van der Waals surface area contributed by atoms with Crippen LogP contribution < -0.4 is 10.1 Å². The predicted molar refractivity (Wildman–Crippen MR) is 102 cm³/mol. The smallest absolute Gasteiger partial charge is 0.243 e. The monoisotopic (exact) mass is 392 g/mol. The van der Waals surface area contributed by atoms with Gasteiger partial charge < -0.3 is 10.1 Å². The molecule has 1 heterocycles. The second-order valence-corrected chi connectivity index (χ2v) is 10.1. The lowest BCUT2D eigenvalue weighted by atomic mass is 9.93. The SMILES string of the molecule is COc1ccc(S(=O)(=O)N2CCC(C(=O)N[C@H]3C[C@@H]4CC[C@@H]3C4)CC2)cc1. The summed E-state index contributed by atoms with van der Waals surface area (Å²) in [7, 11) is -1.97. The number of hydrogen-bond donors (Lipinski definition) is 1. The quantitative estimate of drug-likeness (QED) is 0.835. The van der Waals surface area contributed by atoms with E-state index in [0.29, 0.717) is 43.6 Å². The summed E-state index contributed by atoms with van der Waals surface area (Å²) in [6.07, 6.45) is 6.13. The predicted octanol–water partition coefficient (Wildman–Crippen LogP) is 2.40. The molecule has 1 saturated heterocycles. The zero-order chi connectivity index (χ0) is 19.0. The van der Waals surface area contributed by atoms with Crippen LogP contribution in [0.5, 0.6) is 5.75 Å². The molecule has 2 saturated carbocycles. The van der Waals surface area contributed by atoms with E-state index in [0.717, 1.165) is 12.3 Å². The summed E-state index contributed by atoms with van der Waals surface area (Å²) in [5.41, 5.74) is 0. The van der Waals surface area contributed by atoms with Crippen molar-refractivity contribution in [2.24, 2.45) is 17.8 Å². The number of carbonyl (C=O) groups excluding carboxylic acids is 1. The minimum atomic E-state index is -3.52. The average molecular weight is 393 g/mol. The number of benzene rings is 1. The van der Waals surface area contributed by atoms with Crippen LogP contribution in [0.15, 0.2) is 29.2 Å². The number of fused-ring (bicyclic) bond motifs is 2. The Morgan fingerprint density at radius 2 is 1.78 bits per heavy atom. The maximum atomic E-state index is 12.8. The van der Waals surface area contributed by atoms with E-state index in [4.69, 9.17) is 4.74 Å². The van der Waals surface area contributed by atoms with Gasteiger partial charge in [-0.1, -0.05) is 6.42 Å². The first-order chi connectivity index (χ1) is 13.0. The van der Waals surface area contributed by atoms with Crippen molar-refractivity contribution in [3.8, 4) is 5.75 Å². The van der Waals surface area contributed by atoms with Crippen molar-refractivity contribution in [2.45, 2.75) is 49.5 Å². The lowest BCUT2D eigenvalue weighted by Gasteiger charge is -2.32. The molecule has 148 valence electrons. The second kappa shape index (κ2) is 7.43. The molecule has 7 heteroatoms. The fourth-order valence-corrected chi connectivity index (χ4v) is 6.45. The maximum Gasteiger partial charge on any atom is 0.243 e. The summed E-state index contributed by atoms with van der Waals surface area (Å²) < 4.78 is 32.2. The first-order valence-corrected chi connectivity index (χ1v) is 11.4. The summed E-state index contributed by atoms with van der Waals surface area (Å²) >= 11 is 0. The molecule has 0 unspecified atom stereocenters. The molecule has 3 atom stereocenters. The summed E-state index contributed by atoms with van der Waals surface area (Å²) in [6, 6.07) is 6.80. The largest absolute Gasteiger partial charge is 0.497 e. The third kappa shape index (κ3) is 3.72. The molecule has 27 heavy (non-hydrogen) atoms. The van der Waals surface area contributed by atoms with Gasteiger partial charge in [0.2, 0.25) is 15.9 Å². The van der Waals surface area contributed by atoms with Crippen LogP contribution in [0.25, 0.3) is 0 Å². The molecule has 3 fully saturated rings. The Hall–Kier alpha value is -1.60. The first kappa shape index (κ1) is 18.7. The van der Waals surface area contributed by atoms with Crippen LogP contribution in [-0.2, 0) is 14.8 Å².